The fourth-order valence-electron chi connectivity index (χ4n) is 3.45. The SMILES string of the molecule is CCc1ncc(-c2nnc(N3CCC(Oc4cc(F)ccc4Br)CC3)s2)cc1C(=O)O. The summed E-state index contributed by atoms with van der Waals surface area (Å²) < 4.78 is 20.2. The van der Waals surface area contributed by atoms with Crippen LogP contribution in [0.15, 0.2) is 34.9 Å². The maximum Gasteiger partial charge on any atom is 0.337 e. The smallest absolute Gasteiger partial charge is 0.337 e. The van der Waals surface area contributed by atoms with Gasteiger partial charge in [0.15, 0.2) is 5.01 Å². The fraction of sp³-hybridized carbons (Fsp3) is 0.333. The van der Waals surface area contributed by atoms with Crippen molar-refractivity contribution in [3.8, 4) is 16.3 Å². The standard InChI is InChI=1S/C21H20BrFN4O3S/c1-2-17-15(20(28)29)9-12(11-24-17)19-25-26-21(31-19)27-7-5-14(6-8-27)30-18-10-13(23)3-4-16(18)22/h3-4,9-11,14H,2,5-8H2,1H3,(H,28,29). The van der Waals surface area contributed by atoms with Gasteiger partial charge in [-0.15, -0.1) is 10.2 Å². The number of aryl methyl sites for hydroxylation is 1. The maximum absolute atomic E-state index is 13.5. The number of carboxylic acids is 1. The van der Waals surface area contributed by atoms with E-state index < -0.39 is 5.97 Å². The summed E-state index contributed by atoms with van der Waals surface area (Å²) in [4.78, 5) is 17.9. The number of ether oxygens (including phenoxy) is 1. The number of rotatable bonds is 6. The van der Waals surface area contributed by atoms with Gasteiger partial charge in [0.2, 0.25) is 5.13 Å². The first-order chi connectivity index (χ1) is 14.9. The van der Waals surface area contributed by atoms with Crippen molar-refractivity contribution >= 4 is 38.4 Å². The molecular formula is C21H20BrFN4O3S. The lowest BCUT2D eigenvalue weighted by Gasteiger charge is -2.31. The van der Waals surface area contributed by atoms with Gasteiger partial charge in [0.05, 0.1) is 15.7 Å². The number of pyridine rings is 1. The van der Waals surface area contributed by atoms with Crippen LogP contribution >= 0.6 is 27.3 Å². The number of anilines is 1. The van der Waals surface area contributed by atoms with Crippen LogP contribution in [0.5, 0.6) is 5.75 Å². The monoisotopic (exact) mass is 506 g/mol. The Bertz CT molecular complexity index is 1100. The van der Waals surface area contributed by atoms with E-state index in [1.165, 1.54) is 23.5 Å². The Labute approximate surface area is 191 Å². The maximum atomic E-state index is 13.5. The first-order valence-electron chi connectivity index (χ1n) is 9.87. The molecule has 1 saturated heterocycles. The van der Waals surface area contributed by atoms with Crippen LogP contribution in [0.25, 0.3) is 10.6 Å². The predicted molar refractivity (Wildman–Crippen MR) is 119 cm³/mol. The van der Waals surface area contributed by atoms with Gasteiger partial charge in [-0.05, 0) is 40.5 Å². The summed E-state index contributed by atoms with van der Waals surface area (Å²) in [7, 11) is 0. The zero-order valence-electron chi connectivity index (χ0n) is 16.7. The number of hydrogen-bond donors (Lipinski definition) is 1. The van der Waals surface area contributed by atoms with Crippen molar-refractivity contribution < 1.29 is 19.0 Å². The van der Waals surface area contributed by atoms with E-state index in [-0.39, 0.29) is 17.5 Å². The van der Waals surface area contributed by atoms with Crippen LogP contribution in [0.1, 0.15) is 35.8 Å². The van der Waals surface area contributed by atoms with Crippen LogP contribution in [-0.4, -0.2) is 45.5 Å². The highest BCUT2D eigenvalue weighted by atomic mass is 79.9. The molecule has 0 aliphatic carbocycles. The number of benzene rings is 1. The minimum atomic E-state index is -0.997. The van der Waals surface area contributed by atoms with Gasteiger partial charge >= 0.3 is 5.97 Å². The summed E-state index contributed by atoms with van der Waals surface area (Å²) in [6.45, 7) is 3.34. The molecule has 0 spiro atoms. The Balaban J connectivity index is 1.42. The topological polar surface area (TPSA) is 88.4 Å². The fourth-order valence-corrected chi connectivity index (χ4v) is 4.67. The average Bonchev–Trinajstić information content (AvgIpc) is 3.26. The number of halogens is 2. The van der Waals surface area contributed by atoms with Gasteiger partial charge in [-0.2, -0.15) is 0 Å². The molecule has 1 aliphatic heterocycles. The van der Waals surface area contributed by atoms with Gasteiger partial charge in [0, 0.05) is 43.8 Å². The number of aromatic nitrogens is 3. The van der Waals surface area contributed by atoms with E-state index in [2.05, 4.69) is 36.0 Å². The summed E-state index contributed by atoms with van der Waals surface area (Å²) in [5, 5.41) is 19.4. The molecule has 10 heteroatoms. The number of piperidine rings is 1. The number of carboxylic acid groups (broad SMARTS) is 1. The molecule has 0 bridgehead atoms. The number of hydrogen-bond acceptors (Lipinski definition) is 7. The molecule has 7 nitrogen and oxygen atoms in total. The Morgan fingerprint density at radius 3 is 2.81 bits per heavy atom. The minimum Gasteiger partial charge on any atom is -0.489 e. The van der Waals surface area contributed by atoms with Crippen molar-refractivity contribution in [1.29, 1.82) is 0 Å². The third-order valence-electron chi connectivity index (χ3n) is 5.10. The quantitative estimate of drug-likeness (QED) is 0.512. The van der Waals surface area contributed by atoms with Crippen LogP contribution in [0.2, 0.25) is 0 Å². The second-order valence-electron chi connectivity index (χ2n) is 7.15. The molecule has 1 fully saturated rings. The van der Waals surface area contributed by atoms with E-state index >= 15 is 0 Å². The second kappa shape index (κ2) is 9.27. The van der Waals surface area contributed by atoms with Crippen molar-refractivity contribution in [2.75, 3.05) is 18.0 Å². The molecule has 3 aromatic rings. The van der Waals surface area contributed by atoms with Crippen LogP contribution < -0.4 is 9.64 Å². The largest absolute Gasteiger partial charge is 0.489 e. The highest BCUT2D eigenvalue weighted by Gasteiger charge is 2.24. The Kier molecular flexibility index (Phi) is 6.47. The van der Waals surface area contributed by atoms with Gasteiger partial charge in [0.1, 0.15) is 17.7 Å². The highest BCUT2D eigenvalue weighted by molar-refractivity contribution is 9.10. The lowest BCUT2D eigenvalue weighted by molar-refractivity contribution is 0.0695. The lowest BCUT2D eigenvalue weighted by atomic mass is 10.1. The first kappa shape index (κ1) is 21.6. The zero-order valence-corrected chi connectivity index (χ0v) is 19.1. The normalized spacial score (nSPS) is 14.6. The van der Waals surface area contributed by atoms with Crippen LogP contribution in [0.4, 0.5) is 9.52 Å². The van der Waals surface area contributed by atoms with Gasteiger partial charge < -0.3 is 14.7 Å². The molecule has 0 atom stereocenters. The number of nitrogens with zero attached hydrogens (tertiary/aromatic N) is 4. The molecule has 0 amide bonds. The molecule has 1 aromatic carbocycles. The molecule has 3 heterocycles. The third-order valence-corrected chi connectivity index (χ3v) is 6.78. The summed E-state index contributed by atoms with van der Waals surface area (Å²) in [5.74, 6) is -0.818. The van der Waals surface area contributed by atoms with Crippen molar-refractivity contribution in [2.45, 2.75) is 32.3 Å². The summed E-state index contributed by atoms with van der Waals surface area (Å²) in [5.41, 5.74) is 1.39. The highest BCUT2D eigenvalue weighted by Crippen LogP contribution is 2.32. The lowest BCUT2D eigenvalue weighted by Crippen LogP contribution is -2.38. The van der Waals surface area contributed by atoms with Crippen molar-refractivity contribution in [3.63, 3.8) is 0 Å². The zero-order chi connectivity index (χ0) is 22.0. The Morgan fingerprint density at radius 2 is 2.10 bits per heavy atom. The summed E-state index contributed by atoms with van der Waals surface area (Å²) in [6, 6.07) is 6.02. The Hall–Kier alpha value is -2.59. The van der Waals surface area contributed by atoms with E-state index in [1.54, 1.807) is 18.3 Å². The van der Waals surface area contributed by atoms with Gasteiger partial charge in [-0.1, -0.05) is 18.3 Å². The van der Waals surface area contributed by atoms with E-state index in [9.17, 15) is 14.3 Å². The first-order valence-corrected chi connectivity index (χ1v) is 11.5. The predicted octanol–water partition coefficient (Wildman–Crippen LogP) is 4.81. The average molecular weight is 507 g/mol. The van der Waals surface area contributed by atoms with E-state index in [4.69, 9.17) is 4.74 Å². The van der Waals surface area contributed by atoms with Crippen LogP contribution in [0, 0.1) is 5.82 Å². The molecule has 1 N–H and O–H groups in total. The van der Waals surface area contributed by atoms with Crippen molar-refractivity contribution in [2.24, 2.45) is 0 Å². The van der Waals surface area contributed by atoms with E-state index in [0.29, 0.717) is 28.4 Å². The molecule has 0 unspecified atom stereocenters. The molecular weight excluding hydrogens is 487 g/mol. The molecule has 0 saturated carbocycles. The van der Waals surface area contributed by atoms with Gasteiger partial charge in [-0.25, -0.2) is 9.18 Å². The molecule has 0 radical (unpaired) electrons. The van der Waals surface area contributed by atoms with Crippen LogP contribution in [0.3, 0.4) is 0 Å². The molecule has 1 aliphatic rings. The van der Waals surface area contributed by atoms with Crippen molar-refractivity contribution in [3.05, 3.63) is 52.0 Å². The number of carbonyl (C=O) groups is 1. The summed E-state index contributed by atoms with van der Waals surface area (Å²) in [6.07, 6.45) is 3.73. The molecule has 2 aromatic heterocycles. The third kappa shape index (κ3) is 4.85. The van der Waals surface area contributed by atoms with Gasteiger partial charge in [0.25, 0.3) is 0 Å². The molecule has 4 rings (SSSR count). The minimum absolute atomic E-state index is 0.00865. The van der Waals surface area contributed by atoms with E-state index in [1.807, 2.05) is 6.92 Å². The van der Waals surface area contributed by atoms with Crippen LogP contribution in [-0.2, 0) is 6.42 Å². The molecule has 162 valence electrons. The second-order valence-corrected chi connectivity index (χ2v) is 8.96. The number of aromatic carboxylic acids is 1. The van der Waals surface area contributed by atoms with E-state index in [0.717, 1.165) is 35.5 Å². The van der Waals surface area contributed by atoms with Crippen molar-refractivity contribution in [1.82, 2.24) is 15.2 Å². The molecule has 31 heavy (non-hydrogen) atoms. The Morgan fingerprint density at radius 1 is 1.32 bits per heavy atom. The van der Waals surface area contributed by atoms with Gasteiger partial charge in [-0.3, -0.25) is 4.98 Å². The summed E-state index contributed by atoms with van der Waals surface area (Å²) >= 11 is 4.80.